The van der Waals surface area contributed by atoms with Gasteiger partial charge in [0.15, 0.2) is 0 Å². The maximum Gasteiger partial charge on any atom is 0.240 e. The summed E-state index contributed by atoms with van der Waals surface area (Å²) < 4.78 is 27.2. The molecule has 1 aromatic rings. The molecular weight excluding hydrogens is 260 g/mol. The average molecular weight is 282 g/mol. The third kappa shape index (κ3) is 2.92. The lowest BCUT2D eigenvalue weighted by Crippen LogP contribution is -2.32. The number of sulfonamides is 1. The molecule has 1 saturated carbocycles. The first-order chi connectivity index (χ1) is 8.77. The lowest BCUT2D eigenvalue weighted by Gasteiger charge is -2.20. The standard InChI is InChI=1S/C14H22N2O2S/c1-10(2)14(6-7-14)9-16-19(17,18)12-4-5-13(15)11(3)8-12/h4-5,8,10,16H,6-7,9,15H2,1-3H3. The predicted octanol–water partition coefficient (Wildman–Crippen LogP) is 2.29. The number of hydrogen-bond donors (Lipinski definition) is 2. The number of rotatable bonds is 5. The minimum atomic E-state index is -3.43. The molecule has 0 aliphatic heterocycles. The third-order valence-electron chi connectivity index (χ3n) is 4.28. The first kappa shape index (κ1) is 14.3. The minimum absolute atomic E-state index is 0.163. The monoisotopic (exact) mass is 282 g/mol. The van der Waals surface area contributed by atoms with Gasteiger partial charge in [-0.1, -0.05) is 13.8 Å². The highest BCUT2D eigenvalue weighted by atomic mass is 32.2. The molecule has 0 saturated heterocycles. The van der Waals surface area contributed by atoms with E-state index in [0.29, 0.717) is 23.0 Å². The molecule has 2 rings (SSSR count). The molecule has 0 amide bonds. The summed E-state index contributed by atoms with van der Waals surface area (Å²) in [5.41, 5.74) is 7.27. The van der Waals surface area contributed by atoms with Gasteiger partial charge < -0.3 is 5.73 Å². The van der Waals surface area contributed by atoms with Crippen molar-refractivity contribution in [3.05, 3.63) is 23.8 Å². The summed E-state index contributed by atoms with van der Waals surface area (Å²) in [7, 11) is -3.43. The van der Waals surface area contributed by atoms with E-state index in [0.717, 1.165) is 18.4 Å². The molecule has 0 unspecified atom stereocenters. The van der Waals surface area contributed by atoms with Gasteiger partial charge in [-0.3, -0.25) is 0 Å². The van der Waals surface area contributed by atoms with Crippen molar-refractivity contribution in [3.63, 3.8) is 0 Å². The van der Waals surface area contributed by atoms with Gasteiger partial charge in [0.1, 0.15) is 0 Å². The lowest BCUT2D eigenvalue weighted by atomic mass is 9.93. The van der Waals surface area contributed by atoms with Gasteiger partial charge in [0.05, 0.1) is 4.90 Å². The SMILES string of the molecule is Cc1cc(S(=O)(=O)NCC2(C(C)C)CC2)ccc1N. The Balaban J connectivity index is 2.12. The van der Waals surface area contributed by atoms with Crippen molar-refractivity contribution < 1.29 is 8.42 Å². The maximum absolute atomic E-state index is 12.2. The van der Waals surface area contributed by atoms with E-state index in [1.54, 1.807) is 18.2 Å². The minimum Gasteiger partial charge on any atom is -0.399 e. The highest BCUT2D eigenvalue weighted by Crippen LogP contribution is 2.51. The summed E-state index contributed by atoms with van der Waals surface area (Å²) in [6.45, 7) is 6.63. The van der Waals surface area contributed by atoms with Gasteiger partial charge in [-0.05, 0) is 54.9 Å². The molecule has 5 heteroatoms. The van der Waals surface area contributed by atoms with Crippen LogP contribution in [-0.2, 0) is 10.0 Å². The van der Waals surface area contributed by atoms with Crippen molar-refractivity contribution in [2.24, 2.45) is 11.3 Å². The van der Waals surface area contributed by atoms with Crippen LogP contribution in [0.3, 0.4) is 0 Å². The number of aryl methyl sites for hydroxylation is 1. The molecule has 0 spiro atoms. The molecule has 19 heavy (non-hydrogen) atoms. The smallest absolute Gasteiger partial charge is 0.240 e. The van der Waals surface area contributed by atoms with Crippen LogP contribution in [0.2, 0.25) is 0 Å². The van der Waals surface area contributed by atoms with Crippen LogP contribution < -0.4 is 10.5 Å². The Hall–Kier alpha value is -1.07. The number of nitrogens with one attached hydrogen (secondary N) is 1. The van der Waals surface area contributed by atoms with Crippen LogP contribution in [0.25, 0.3) is 0 Å². The average Bonchev–Trinajstić information content (AvgIpc) is 3.11. The molecule has 4 nitrogen and oxygen atoms in total. The van der Waals surface area contributed by atoms with E-state index < -0.39 is 10.0 Å². The number of benzene rings is 1. The van der Waals surface area contributed by atoms with Gasteiger partial charge in [0, 0.05) is 12.2 Å². The number of anilines is 1. The van der Waals surface area contributed by atoms with Crippen molar-refractivity contribution in [1.29, 1.82) is 0 Å². The molecule has 106 valence electrons. The number of nitrogens with two attached hydrogens (primary N) is 1. The number of hydrogen-bond acceptors (Lipinski definition) is 3. The quantitative estimate of drug-likeness (QED) is 0.814. The fourth-order valence-electron chi connectivity index (χ4n) is 2.26. The highest BCUT2D eigenvalue weighted by molar-refractivity contribution is 7.89. The van der Waals surface area contributed by atoms with E-state index >= 15 is 0 Å². The van der Waals surface area contributed by atoms with Crippen LogP contribution in [0, 0.1) is 18.3 Å². The van der Waals surface area contributed by atoms with Gasteiger partial charge >= 0.3 is 0 Å². The second-order valence-corrected chi connectivity index (χ2v) is 7.63. The molecular formula is C14H22N2O2S. The molecule has 1 fully saturated rings. The van der Waals surface area contributed by atoms with Gasteiger partial charge in [-0.15, -0.1) is 0 Å². The third-order valence-corrected chi connectivity index (χ3v) is 5.68. The van der Waals surface area contributed by atoms with Gasteiger partial charge in [0.25, 0.3) is 0 Å². The first-order valence-electron chi connectivity index (χ1n) is 6.63. The molecule has 0 bridgehead atoms. The van der Waals surface area contributed by atoms with E-state index in [9.17, 15) is 8.42 Å². The van der Waals surface area contributed by atoms with E-state index in [2.05, 4.69) is 18.6 Å². The Morgan fingerprint density at radius 2 is 2.00 bits per heavy atom. The Labute approximate surface area is 115 Å². The van der Waals surface area contributed by atoms with E-state index in [1.807, 2.05) is 6.92 Å². The van der Waals surface area contributed by atoms with Crippen LogP contribution >= 0.6 is 0 Å². The molecule has 0 radical (unpaired) electrons. The van der Waals surface area contributed by atoms with Crippen molar-refractivity contribution >= 4 is 15.7 Å². The fraction of sp³-hybridized carbons (Fsp3) is 0.571. The van der Waals surface area contributed by atoms with Gasteiger partial charge in [0.2, 0.25) is 10.0 Å². The summed E-state index contributed by atoms with van der Waals surface area (Å²) >= 11 is 0. The molecule has 0 atom stereocenters. The topological polar surface area (TPSA) is 72.2 Å². The van der Waals surface area contributed by atoms with Gasteiger partial charge in [-0.25, -0.2) is 13.1 Å². The predicted molar refractivity (Wildman–Crippen MR) is 77.3 cm³/mol. The first-order valence-corrected chi connectivity index (χ1v) is 8.11. The summed E-state index contributed by atoms with van der Waals surface area (Å²) in [5.74, 6) is 0.503. The van der Waals surface area contributed by atoms with Crippen LogP contribution in [0.1, 0.15) is 32.3 Å². The molecule has 1 aliphatic carbocycles. The van der Waals surface area contributed by atoms with Crippen LogP contribution in [0.15, 0.2) is 23.1 Å². The zero-order chi connectivity index (χ0) is 14.3. The molecule has 0 aromatic heterocycles. The van der Waals surface area contributed by atoms with Crippen molar-refractivity contribution in [1.82, 2.24) is 4.72 Å². The molecule has 1 aromatic carbocycles. The Kier molecular flexibility index (Phi) is 3.62. The summed E-state index contributed by atoms with van der Waals surface area (Å²) in [4.78, 5) is 0.291. The normalized spacial score (nSPS) is 17.7. The van der Waals surface area contributed by atoms with Crippen LogP contribution in [0.4, 0.5) is 5.69 Å². The van der Waals surface area contributed by atoms with Crippen LogP contribution in [0.5, 0.6) is 0 Å². The second-order valence-electron chi connectivity index (χ2n) is 5.86. The second kappa shape index (κ2) is 4.80. The van der Waals surface area contributed by atoms with E-state index in [4.69, 9.17) is 5.73 Å². The lowest BCUT2D eigenvalue weighted by molar-refractivity contribution is 0.357. The molecule has 0 heterocycles. The van der Waals surface area contributed by atoms with Crippen molar-refractivity contribution in [2.45, 2.75) is 38.5 Å². The van der Waals surface area contributed by atoms with Crippen LogP contribution in [-0.4, -0.2) is 15.0 Å². The Bertz CT molecular complexity index is 575. The zero-order valence-corrected chi connectivity index (χ0v) is 12.5. The van der Waals surface area contributed by atoms with Gasteiger partial charge in [-0.2, -0.15) is 0 Å². The summed E-state index contributed by atoms with van der Waals surface area (Å²) in [5, 5.41) is 0. The highest BCUT2D eigenvalue weighted by Gasteiger charge is 2.45. The zero-order valence-electron chi connectivity index (χ0n) is 11.7. The largest absolute Gasteiger partial charge is 0.399 e. The fourth-order valence-corrected chi connectivity index (χ4v) is 3.48. The Morgan fingerprint density at radius 3 is 2.47 bits per heavy atom. The summed E-state index contributed by atoms with van der Waals surface area (Å²) in [6, 6.07) is 4.81. The molecule has 1 aliphatic rings. The van der Waals surface area contributed by atoms with Crippen molar-refractivity contribution in [3.8, 4) is 0 Å². The maximum atomic E-state index is 12.2. The van der Waals surface area contributed by atoms with E-state index in [1.165, 1.54) is 0 Å². The van der Waals surface area contributed by atoms with E-state index in [-0.39, 0.29) is 5.41 Å². The Morgan fingerprint density at radius 1 is 1.37 bits per heavy atom. The number of nitrogen functional groups attached to an aromatic ring is 1. The summed E-state index contributed by atoms with van der Waals surface area (Å²) in [6.07, 6.45) is 2.21. The van der Waals surface area contributed by atoms with Crippen molar-refractivity contribution in [2.75, 3.05) is 12.3 Å². The molecule has 3 N–H and O–H groups in total.